The Morgan fingerprint density at radius 2 is 2.12 bits per heavy atom. The molecule has 0 aromatic carbocycles. The fraction of sp³-hybridized carbons (Fsp3) is 0.692. The second-order valence-corrected chi connectivity index (χ2v) is 4.68. The highest BCUT2D eigenvalue weighted by atomic mass is 15.3. The van der Waals surface area contributed by atoms with E-state index in [-0.39, 0.29) is 0 Å². The van der Waals surface area contributed by atoms with Crippen LogP contribution in [0, 0.1) is 6.92 Å². The summed E-state index contributed by atoms with van der Waals surface area (Å²) >= 11 is 0. The first-order valence-corrected chi connectivity index (χ1v) is 6.54. The van der Waals surface area contributed by atoms with Crippen LogP contribution in [0.4, 0.5) is 5.95 Å². The van der Waals surface area contributed by atoms with Gasteiger partial charge in [0, 0.05) is 36.6 Å². The molecule has 94 valence electrons. The number of hydrogen-bond donors (Lipinski definition) is 1. The smallest absolute Gasteiger partial charge is 0.225 e. The monoisotopic (exact) mass is 234 g/mol. The van der Waals surface area contributed by atoms with Crippen LogP contribution in [-0.4, -0.2) is 29.6 Å². The first-order valence-electron chi connectivity index (χ1n) is 6.54. The third kappa shape index (κ3) is 2.75. The SMILES string of the molecule is CCNC(C)c1cnc(N2CCCC2)nc1C. The molecule has 1 aliphatic heterocycles. The second-order valence-electron chi connectivity index (χ2n) is 4.68. The third-order valence-corrected chi connectivity index (χ3v) is 3.37. The van der Waals surface area contributed by atoms with Crippen LogP contribution < -0.4 is 10.2 Å². The van der Waals surface area contributed by atoms with Crippen LogP contribution in [0.1, 0.15) is 44.0 Å². The summed E-state index contributed by atoms with van der Waals surface area (Å²) in [5.74, 6) is 0.896. The lowest BCUT2D eigenvalue weighted by molar-refractivity contribution is 0.589. The minimum Gasteiger partial charge on any atom is -0.341 e. The highest BCUT2D eigenvalue weighted by Gasteiger charge is 2.16. The summed E-state index contributed by atoms with van der Waals surface area (Å²) in [6.45, 7) is 9.51. The van der Waals surface area contributed by atoms with Gasteiger partial charge in [0.25, 0.3) is 0 Å². The standard InChI is InChI=1S/C13H22N4/c1-4-14-10(2)12-9-15-13(16-11(12)3)17-7-5-6-8-17/h9-10,14H,4-8H2,1-3H3. The van der Waals surface area contributed by atoms with Gasteiger partial charge in [0.05, 0.1) is 0 Å². The lowest BCUT2D eigenvalue weighted by Gasteiger charge is -2.19. The number of hydrogen-bond acceptors (Lipinski definition) is 4. The first-order chi connectivity index (χ1) is 8.22. The molecule has 0 saturated carbocycles. The van der Waals surface area contributed by atoms with Crippen molar-refractivity contribution in [2.24, 2.45) is 0 Å². The fourth-order valence-corrected chi connectivity index (χ4v) is 2.37. The Morgan fingerprint density at radius 3 is 2.71 bits per heavy atom. The molecule has 1 aromatic rings. The Balaban J connectivity index is 2.16. The van der Waals surface area contributed by atoms with Crippen molar-refractivity contribution in [2.75, 3.05) is 24.5 Å². The van der Waals surface area contributed by atoms with Gasteiger partial charge in [-0.15, -0.1) is 0 Å². The quantitative estimate of drug-likeness (QED) is 0.865. The molecular weight excluding hydrogens is 212 g/mol. The lowest BCUT2D eigenvalue weighted by atomic mass is 10.1. The fourth-order valence-electron chi connectivity index (χ4n) is 2.37. The molecule has 1 fully saturated rings. The molecule has 4 nitrogen and oxygen atoms in total. The van der Waals surface area contributed by atoms with Crippen LogP contribution in [0.2, 0.25) is 0 Å². The molecule has 0 radical (unpaired) electrons. The van der Waals surface area contributed by atoms with Crippen LogP contribution in [0.25, 0.3) is 0 Å². The summed E-state index contributed by atoms with van der Waals surface area (Å²) in [7, 11) is 0. The van der Waals surface area contributed by atoms with E-state index in [1.165, 1.54) is 18.4 Å². The molecule has 0 bridgehead atoms. The van der Waals surface area contributed by atoms with Gasteiger partial charge in [0.15, 0.2) is 0 Å². The van der Waals surface area contributed by atoms with E-state index in [4.69, 9.17) is 0 Å². The van der Waals surface area contributed by atoms with Gasteiger partial charge in [0.1, 0.15) is 0 Å². The molecule has 4 heteroatoms. The molecule has 2 rings (SSSR count). The Bertz CT molecular complexity index is 372. The average Bonchev–Trinajstić information content (AvgIpc) is 2.82. The molecule has 1 unspecified atom stereocenters. The zero-order valence-corrected chi connectivity index (χ0v) is 11.0. The highest BCUT2D eigenvalue weighted by Crippen LogP contribution is 2.20. The normalized spacial score (nSPS) is 17.5. The van der Waals surface area contributed by atoms with Crippen molar-refractivity contribution in [1.29, 1.82) is 0 Å². The predicted octanol–water partition coefficient (Wildman–Crippen LogP) is 2.06. The Morgan fingerprint density at radius 1 is 1.41 bits per heavy atom. The maximum atomic E-state index is 4.63. The van der Waals surface area contributed by atoms with Crippen molar-refractivity contribution in [2.45, 2.75) is 39.7 Å². The van der Waals surface area contributed by atoms with E-state index in [1.54, 1.807) is 0 Å². The van der Waals surface area contributed by atoms with E-state index in [0.29, 0.717) is 6.04 Å². The molecule has 0 spiro atoms. The molecule has 1 aliphatic rings. The van der Waals surface area contributed by atoms with E-state index >= 15 is 0 Å². The maximum absolute atomic E-state index is 4.63. The second kappa shape index (κ2) is 5.45. The maximum Gasteiger partial charge on any atom is 0.225 e. The Kier molecular flexibility index (Phi) is 3.94. The van der Waals surface area contributed by atoms with Gasteiger partial charge in [0.2, 0.25) is 5.95 Å². The Labute approximate surface area is 103 Å². The van der Waals surface area contributed by atoms with E-state index in [9.17, 15) is 0 Å². The molecule has 1 N–H and O–H groups in total. The molecule has 0 amide bonds. The van der Waals surface area contributed by atoms with Crippen LogP contribution >= 0.6 is 0 Å². The van der Waals surface area contributed by atoms with Crippen molar-refractivity contribution in [3.8, 4) is 0 Å². The number of nitrogens with one attached hydrogen (secondary N) is 1. The van der Waals surface area contributed by atoms with Crippen LogP contribution in [0.5, 0.6) is 0 Å². The molecule has 17 heavy (non-hydrogen) atoms. The summed E-state index contributed by atoms with van der Waals surface area (Å²) in [6, 6.07) is 0.327. The Hall–Kier alpha value is -1.16. The summed E-state index contributed by atoms with van der Waals surface area (Å²) in [4.78, 5) is 11.4. The van der Waals surface area contributed by atoms with E-state index < -0.39 is 0 Å². The van der Waals surface area contributed by atoms with Gasteiger partial charge in [-0.25, -0.2) is 9.97 Å². The zero-order chi connectivity index (χ0) is 12.3. The van der Waals surface area contributed by atoms with Crippen LogP contribution in [0.15, 0.2) is 6.20 Å². The van der Waals surface area contributed by atoms with Crippen molar-refractivity contribution >= 4 is 5.95 Å². The van der Waals surface area contributed by atoms with E-state index in [0.717, 1.165) is 31.3 Å². The molecule has 1 saturated heterocycles. The van der Waals surface area contributed by atoms with Gasteiger partial charge in [-0.2, -0.15) is 0 Å². The van der Waals surface area contributed by atoms with Crippen LogP contribution in [-0.2, 0) is 0 Å². The molecule has 1 aromatic heterocycles. The van der Waals surface area contributed by atoms with Crippen molar-refractivity contribution in [3.05, 3.63) is 17.5 Å². The molecule has 1 atom stereocenters. The molecule has 0 aliphatic carbocycles. The van der Waals surface area contributed by atoms with Gasteiger partial charge in [-0.1, -0.05) is 6.92 Å². The van der Waals surface area contributed by atoms with Gasteiger partial charge in [-0.05, 0) is 33.2 Å². The predicted molar refractivity (Wildman–Crippen MR) is 70.3 cm³/mol. The van der Waals surface area contributed by atoms with Gasteiger partial charge in [-0.3, -0.25) is 0 Å². The van der Waals surface area contributed by atoms with Crippen LogP contribution in [0.3, 0.4) is 0 Å². The number of anilines is 1. The topological polar surface area (TPSA) is 41.1 Å². The molecular formula is C13H22N4. The lowest BCUT2D eigenvalue weighted by Crippen LogP contribution is -2.23. The van der Waals surface area contributed by atoms with E-state index in [2.05, 4.69) is 41.0 Å². The zero-order valence-electron chi connectivity index (χ0n) is 11.0. The molecule has 2 heterocycles. The van der Waals surface area contributed by atoms with Crippen molar-refractivity contribution in [1.82, 2.24) is 15.3 Å². The average molecular weight is 234 g/mol. The number of aryl methyl sites for hydroxylation is 1. The number of rotatable bonds is 4. The van der Waals surface area contributed by atoms with Crippen molar-refractivity contribution < 1.29 is 0 Å². The minimum atomic E-state index is 0.327. The first kappa shape index (κ1) is 12.3. The number of nitrogens with zero attached hydrogens (tertiary/aromatic N) is 3. The highest BCUT2D eigenvalue weighted by molar-refractivity contribution is 5.34. The van der Waals surface area contributed by atoms with Gasteiger partial charge >= 0.3 is 0 Å². The summed E-state index contributed by atoms with van der Waals surface area (Å²) in [5, 5.41) is 3.40. The van der Waals surface area contributed by atoms with Crippen molar-refractivity contribution in [3.63, 3.8) is 0 Å². The summed E-state index contributed by atoms with van der Waals surface area (Å²) in [5.41, 5.74) is 2.30. The van der Waals surface area contributed by atoms with Gasteiger partial charge < -0.3 is 10.2 Å². The largest absolute Gasteiger partial charge is 0.341 e. The summed E-state index contributed by atoms with van der Waals surface area (Å²) < 4.78 is 0. The van der Waals surface area contributed by atoms with E-state index in [1.807, 2.05) is 6.20 Å². The number of aromatic nitrogens is 2. The minimum absolute atomic E-state index is 0.327. The summed E-state index contributed by atoms with van der Waals surface area (Å²) in [6.07, 6.45) is 4.50. The third-order valence-electron chi connectivity index (χ3n) is 3.37.